The summed E-state index contributed by atoms with van der Waals surface area (Å²) < 4.78 is 1.77. The number of allylic oxidation sites excluding steroid dienone is 1. The van der Waals surface area contributed by atoms with Gasteiger partial charge < -0.3 is 0 Å². The van der Waals surface area contributed by atoms with E-state index in [1.54, 1.807) is 10.7 Å². The maximum Gasteiger partial charge on any atom is 0.155 e. The van der Waals surface area contributed by atoms with E-state index >= 15 is 0 Å². The van der Waals surface area contributed by atoms with Gasteiger partial charge in [0.25, 0.3) is 0 Å². The average Bonchev–Trinajstić information content (AvgIpc) is 3.11. The summed E-state index contributed by atoms with van der Waals surface area (Å²) in [6, 6.07) is 3.89. The van der Waals surface area contributed by atoms with E-state index < -0.39 is 0 Å². The fraction of sp³-hybridized carbons (Fsp3) is 0.294. The second-order valence-electron chi connectivity index (χ2n) is 6.01. The highest BCUT2D eigenvalue weighted by Gasteiger charge is 2.19. The third kappa shape index (κ3) is 2.19. The first kappa shape index (κ1) is 13.1. The van der Waals surface area contributed by atoms with Crippen LogP contribution in [0.1, 0.15) is 36.6 Å². The van der Waals surface area contributed by atoms with Gasteiger partial charge in [-0.15, -0.1) is 0 Å². The van der Waals surface area contributed by atoms with E-state index in [4.69, 9.17) is 4.98 Å². The SMILES string of the molecule is CC(C)Cc1ncc2c(n1)CC=C2c1ccn2nccc2n1. The van der Waals surface area contributed by atoms with Crippen molar-refractivity contribution < 1.29 is 0 Å². The molecular weight excluding hydrogens is 274 g/mol. The van der Waals surface area contributed by atoms with Gasteiger partial charge in [-0.2, -0.15) is 5.10 Å². The van der Waals surface area contributed by atoms with Crippen LogP contribution in [-0.2, 0) is 12.8 Å². The van der Waals surface area contributed by atoms with Gasteiger partial charge in [0, 0.05) is 42.4 Å². The van der Waals surface area contributed by atoms with Crippen LogP contribution in [0.4, 0.5) is 0 Å². The van der Waals surface area contributed by atoms with E-state index in [0.29, 0.717) is 5.92 Å². The third-order valence-corrected chi connectivity index (χ3v) is 3.83. The van der Waals surface area contributed by atoms with Crippen molar-refractivity contribution in [1.82, 2.24) is 24.6 Å². The molecule has 0 fully saturated rings. The highest BCUT2D eigenvalue weighted by Crippen LogP contribution is 2.30. The minimum Gasteiger partial charge on any atom is -0.241 e. The van der Waals surface area contributed by atoms with Gasteiger partial charge in [-0.3, -0.25) is 0 Å². The molecule has 110 valence electrons. The van der Waals surface area contributed by atoms with Gasteiger partial charge in [0.05, 0.1) is 17.6 Å². The van der Waals surface area contributed by atoms with Crippen LogP contribution in [0.15, 0.2) is 36.8 Å². The van der Waals surface area contributed by atoms with E-state index in [9.17, 15) is 0 Å². The van der Waals surface area contributed by atoms with Crippen molar-refractivity contribution in [3.05, 3.63) is 59.6 Å². The molecule has 5 nitrogen and oxygen atoms in total. The molecule has 0 N–H and O–H groups in total. The maximum absolute atomic E-state index is 4.71. The van der Waals surface area contributed by atoms with E-state index in [1.165, 1.54) is 0 Å². The van der Waals surface area contributed by atoms with Gasteiger partial charge >= 0.3 is 0 Å². The molecular formula is C17H17N5. The zero-order chi connectivity index (χ0) is 15.1. The normalized spacial score (nSPS) is 13.7. The van der Waals surface area contributed by atoms with Crippen molar-refractivity contribution >= 4 is 11.2 Å². The maximum atomic E-state index is 4.71. The Balaban J connectivity index is 1.71. The quantitative estimate of drug-likeness (QED) is 0.744. The number of hydrogen-bond acceptors (Lipinski definition) is 4. The van der Waals surface area contributed by atoms with E-state index in [2.05, 4.69) is 35.0 Å². The van der Waals surface area contributed by atoms with Crippen LogP contribution >= 0.6 is 0 Å². The summed E-state index contributed by atoms with van der Waals surface area (Å²) >= 11 is 0. The number of nitrogens with zero attached hydrogens (tertiary/aromatic N) is 5. The molecule has 0 amide bonds. The average molecular weight is 291 g/mol. The predicted octanol–water partition coefficient (Wildman–Crippen LogP) is 2.71. The lowest BCUT2D eigenvalue weighted by atomic mass is 10.1. The van der Waals surface area contributed by atoms with E-state index in [-0.39, 0.29) is 0 Å². The molecule has 0 saturated carbocycles. The minimum atomic E-state index is 0.567. The van der Waals surface area contributed by atoms with E-state index in [0.717, 1.165) is 46.8 Å². The Morgan fingerprint density at radius 3 is 3.00 bits per heavy atom. The van der Waals surface area contributed by atoms with Gasteiger partial charge in [0.2, 0.25) is 0 Å². The van der Waals surface area contributed by atoms with Gasteiger partial charge in [0.1, 0.15) is 5.82 Å². The summed E-state index contributed by atoms with van der Waals surface area (Å²) in [7, 11) is 0. The lowest BCUT2D eigenvalue weighted by Gasteiger charge is -2.08. The van der Waals surface area contributed by atoms with Crippen LogP contribution in [0.2, 0.25) is 0 Å². The Hall–Kier alpha value is -2.56. The largest absolute Gasteiger partial charge is 0.241 e. The number of fused-ring (bicyclic) bond motifs is 2. The van der Waals surface area contributed by atoms with Crippen LogP contribution in [0, 0.1) is 5.92 Å². The molecule has 0 aromatic carbocycles. The second kappa shape index (κ2) is 5.02. The second-order valence-corrected chi connectivity index (χ2v) is 6.01. The lowest BCUT2D eigenvalue weighted by molar-refractivity contribution is 0.618. The fourth-order valence-electron chi connectivity index (χ4n) is 2.82. The van der Waals surface area contributed by atoms with Crippen molar-refractivity contribution in [2.45, 2.75) is 26.7 Å². The monoisotopic (exact) mass is 291 g/mol. The van der Waals surface area contributed by atoms with Crippen molar-refractivity contribution in [1.29, 1.82) is 0 Å². The summed E-state index contributed by atoms with van der Waals surface area (Å²) in [4.78, 5) is 13.9. The van der Waals surface area contributed by atoms with Gasteiger partial charge in [-0.05, 0) is 12.0 Å². The van der Waals surface area contributed by atoms with Crippen molar-refractivity contribution in [3.63, 3.8) is 0 Å². The summed E-state index contributed by atoms with van der Waals surface area (Å²) in [5, 5.41) is 4.18. The zero-order valence-electron chi connectivity index (χ0n) is 12.7. The van der Waals surface area contributed by atoms with Crippen molar-refractivity contribution in [2.75, 3.05) is 0 Å². The van der Waals surface area contributed by atoms with Gasteiger partial charge in [-0.1, -0.05) is 19.9 Å². The number of aromatic nitrogens is 5. The molecule has 3 aromatic rings. The molecule has 5 heteroatoms. The van der Waals surface area contributed by atoms with Gasteiger partial charge in [0.15, 0.2) is 5.65 Å². The summed E-state index contributed by atoms with van der Waals surface area (Å²) in [5.41, 5.74) is 5.13. The third-order valence-electron chi connectivity index (χ3n) is 3.83. The number of hydrogen-bond donors (Lipinski definition) is 0. The fourth-order valence-corrected chi connectivity index (χ4v) is 2.82. The number of rotatable bonds is 3. The Morgan fingerprint density at radius 1 is 1.23 bits per heavy atom. The van der Waals surface area contributed by atoms with Crippen molar-refractivity contribution in [2.24, 2.45) is 5.92 Å². The first-order valence-electron chi connectivity index (χ1n) is 7.57. The standard InChI is InChI=1S/C17H17N5/c1-11(2)9-16-18-10-13-12(3-4-14(13)20-16)15-6-8-22-17(21-15)5-7-19-22/h3,5-8,10-11H,4,9H2,1-2H3. The molecule has 1 aliphatic rings. The van der Waals surface area contributed by atoms with Crippen LogP contribution in [0.3, 0.4) is 0 Å². The summed E-state index contributed by atoms with van der Waals surface area (Å²) in [6.45, 7) is 4.37. The smallest absolute Gasteiger partial charge is 0.155 e. The minimum absolute atomic E-state index is 0.567. The molecule has 0 spiro atoms. The summed E-state index contributed by atoms with van der Waals surface area (Å²) in [5.74, 6) is 1.50. The Labute approximate surface area is 128 Å². The molecule has 1 aliphatic carbocycles. The molecule has 22 heavy (non-hydrogen) atoms. The van der Waals surface area contributed by atoms with Crippen LogP contribution in [-0.4, -0.2) is 24.6 Å². The molecule has 0 bridgehead atoms. The topological polar surface area (TPSA) is 56.0 Å². The van der Waals surface area contributed by atoms with Gasteiger partial charge in [-0.25, -0.2) is 19.5 Å². The molecule has 0 radical (unpaired) electrons. The van der Waals surface area contributed by atoms with Crippen molar-refractivity contribution in [3.8, 4) is 0 Å². The highest BCUT2D eigenvalue weighted by atomic mass is 15.2. The van der Waals surface area contributed by atoms with Crippen LogP contribution in [0.25, 0.3) is 11.2 Å². The Bertz CT molecular complexity index is 876. The van der Waals surface area contributed by atoms with E-state index in [1.807, 2.05) is 24.5 Å². The molecule has 0 aliphatic heterocycles. The molecule has 0 saturated heterocycles. The molecule has 3 aromatic heterocycles. The summed E-state index contributed by atoms with van der Waals surface area (Å²) in [6.07, 6.45) is 9.59. The molecule has 0 unspecified atom stereocenters. The first-order valence-corrected chi connectivity index (χ1v) is 7.57. The Morgan fingerprint density at radius 2 is 2.14 bits per heavy atom. The first-order chi connectivity index (χ1) is 10.7. The predicted molar refractivity (Wildman–Crippen MR) is 84.3 cm³/mol. The molecule has 0 atom stereocenters. The van der Waals surface area contributed by atoms with Crippen LogP contribution in [0.5, 0.6) is 0 Å². The molecule has 4 rings (SSSR count). The highest BCUT2D eigenvalue weighted by molar-refractivity contribution is 5.82. The Kier molecular flexibility index (Phi) is 2.99. The zero-order valence-corrected chi connectivity index (χ0v) is 12.7. The molecule has 3 heterocycles. The lowest BCUT2D eigenvalue weighted by Crippen LogP contribution is -2.04. The van der Waals surface area contributed by atoms with Crippen LogP contribution < -0.4 is 0 Å².